The minimum Gasteiger partial charge on any atom is -0.460 e. The van der Waals surface area contributed by atoms with Gasteiger partial charge in [-0.25, -0.2) is 4.39 Å². The first-order valence-corrected chi connectivity index (χ1v) is 8.52. The van der Waals surface area contributed by atoms with Crippen LogP contribution in [0.2, 0.25) is 0 Å². The van der Waals surface area contributed by atoms with E-state index in [0.29, 0.717) is 6.42 Å². The molecule has 0 aromatic carbocycles. The van der Waals surface area contributed by atoms with Crippen molar-refractivity contribution in [3.05, 3.63) is 0 Å². The molecule has 0 fully saturated rings. The number of carbonyl (C=O) groups excluding carboxylic acids is 4. The van der Waals surface area contributed by atoms with Crippen LogP contribution in [0.25, 0.3) is 0 Å². The number of amides is 3. The smallest absolute Gasteiger partial charge is 0.307 e. The van der Waals surface area contributed by atoms with Gasteiger partial charge in [-0.1, -0.05) is 13.8 Å². The first kappa shape index (κ1) is 23.8. The number of nitrogens with zero attached hydrogens (tertiary/aromatic N) is 1. The minimum absolute atomic E-state index is 0.101. The van der Waals surface area contributed by atoms with Crippen LogP contribution in [0.15, 0.2) is 0 Å². The maximum atomic E-state index is 12.7. The molecule has 0 aliphatic rings. The van der Waals surface area contributed by atoms with Gasteiger partial charge in [0.05, 0.1) is 18.9 Å². The summed E-state index contributed by atoms with van der Waals surface area (Å²) in [5, 5.41) is 0.718. The van der Waals surface area contributed by atoms with Crippen molar-refractivity contribution in [3.63, 3.8) is 0 Å². The fourth-order valence-corrected chi connectivity index (χ4v) is 2.20. The van der Waals surface area contributed by atoms with Crippen molar-refractivity contribution in [1.82, 2.24) is 10.4 Å². The van der Waals surface area contributed by atoms with Gasteiger partial charge in [0.25, 0.3) is 5.91 Å². The summed E-state index contributed by atoms with van der Waals surface area (Å²) in [5.74, 6) is -3.50. The molecule has 150 valence electrons. The summed E-state index contributed by atoms with van der Waals surface area (Å²) in [4.78, 5) is 47.0. The van der Waals surface area contributed by atoms with E-state index in [2.05, 4.69) is 5.43 Å². The number of rotatable bonds is 9. The number of esters is 1. The lowest BCUT2D eigenvalue weighted by Crippen LogP contribution is -2.50. The van der Waals surface area contributed by atoms with Crippen LogP contribution in [-0.2, 0) is 23.9 Å². The Bertz CT molecular complexity index is 517. The highest BCUT2D eigenvalue weighted by molar-refractivity contribution is 5.87. The molecule has 0 bridgehead atoms. The average molecular weight is 375 g/mol. The molecular weight excluding hydrogens is 345 g/mol. The summed E-state index contributed by atoms with van der Waals surface area (Å²) in [7, 11) is 0. The molecule has 0 rings (SSSR count). The van der Waals surface area contributed by atoms with Crippen molar-refractivity contribution < 1.29 is 28.3 Å². The number of hydrogen-bond donors (Lipinski definition) is 2. The van der Waals surface area contributed by atoms with E-state index in [4.69, 9.17) is 10.5 Å². The number of nitrogens with one attached hydrogen (secondary N) is 1. The zero-order chi connectivity index (χ0) is 20.5. The number of hydrazine groups is 1. The summed E-state index contributed by atoms with van der Waals surface area (Å²) in [6.07, 6.45) is -0.0275. The third-order valence-electron chi connectivity index (χ3n) is 3.20. The van der Waals surface area contributed by atoms with E-state index in [1.165, 1.54) is 0 Å². The van der Waals surface area contributed by atoms with Crippen molar-refractivity contribution in [2.45, 2.75) is 59.5 Å². The van der Waals surface area contributed by atoms with Crippen LogP contribution in [0.1, 0.15) is 53.9 Å². The van der Waals surface area contributed by atoms with Crippen LogP contribution in [-0.4, -0.2) is 47.5 Å². The van der Waals surface area contributed by atoms with Gasteiger partial charge in [0.2, 0.25) is 11.8 Å². The largest absolute Gasteiger partial charge is 0.460 e. The van der Waals surface area contributed by atoms with Gasteiger partial charge in [-0.05, 0) is 33.1 Å². The molecule has 9 heteroatoms. The molecule has 0 spiro atoms. The minimum atomic E-state index is -1.33. The van der Waals surface area contributed by atoms with Gasteiger partial charge in [0.1, 0.15) is 5.60 Å². The van der Waals surface area contributed by atoms with Crippen molar-refractivity contribution >= 4 is 23.7 Å². The standard InChI is InChI=1S/C17H30FN3O5/c1-11(2)8-12(9-15(24)26-17(3,4)5)16(25)20-21(14(23)10-18)7-6-13(19)22/h11-12H,6-10H2,1-5H3,(H2,19,22)(H,20,25). The molecule has 0 saturated carbocycles. The number of nitrogens with two attached hydrogens (primary N) is 1. The summed E-state index contributed by atoms with van der Waals surface area (Å²) >= 11 is 0. The third kappa shape index (κ3) is 10.6. The molecule has 0 aromatic heterocycles. The van der Waals surface area contributed by atoms with Crippen LogP contribution in [0.4, 0.5) is 4.39 Å². The topological polar surface area (TPSA) is 119 Å². The van der Waals surface area contributed by atoms with Gasteiger partial charge in [-0.2, -0.15) is 0 Å². The Morgan fingerprint density at radius 1 is 1.19 bits per heavy atom. The molecule has 0 aliphatic carbocycles. The van der Waals surface area contributed by atoms with Gasteiger partial charge in [-0.15, -0.1) is 0 Å². The van der Waals surface area contributed by atoms with Crippen molar-refractivity contribution in [2.24, 2.45) is 17.6 Å². The quantitative estimate of drug-likeness (QED) is 0.462. The van der Waals surface area contributed by atoms with E-state index < -0.39 is 41.9 Å². The molecule has 0 radical (unpaired) electrons. The van der Waals surface area contributed by atoms with Crippen LogP contribution in [0, 0.1) is 11.8 Å². The Balaban J connectivity index is 5.09. The summed E-state index contributed by atoms with van der Waals surface area (Å²) < 4.78 is 17.9. The molecular formula is C17H30FN3O5. The lowest BCUT2D eigenvalue weighted by Gasteiger charge is -2.26. The van der Waals surface area contributed by atoms with Crippen LogP contribution < -0.4 is 11.2 Å². The fraction of sp³-hybridized carbons (Fsp3) is 0.765. The predicted octanol–water partition coefficient (Wildman–Crippen LogP) is 1.09. The van der Waals surface area contributed by atoms with E-state index in [1.807, 2.05) is 13.8 Å². The number of hydrogen-bond acceptors (Lipinski definition) is 5. The second-order valence-corrected chi connectivity index (χ2v) is 7.49. The maximum Gasteiger partial charge on any atom is 0.307 e. The van der Waals surface area contributed by atoms with E-state index in [1.54, 1.807) is 20.8 Å². The summed E-state index contributed by atoms with van der Waals surface area (Å²) in [5.41, 5.74) is 6.62. The fourth-order valence-electron chi connectivity index (χ4n) is 2.20. The summed E-state index contributed by atoms with van der Waals surface area (Å²) in [6.45, 7) is 7.33. The molecule has 0 saturated heterocycles. The second kappa shape index (κ2) is 10.7. The summed E-state index contributed by atoms with van der Waals surface area (Å²) in [6, 6.07) is 0. The third-order valence-corrected chi connectivity index (χ3v) is 3.20. The first-order chi connectivity index (χ1) is 11.9. The Morgan fingerprint density at radius 2 is 1.77 bits per heavy atom. The number of halogens is 1. The molecule has 3 N–H and O–H groups in total. The molecule has 0 aromatic rings. The zero-order valence-electron chi connectivity index (χ0n) is 16.1. The molecule has 26 heavy (non-hydrogen) atoms. The molecule has 0 aliphatic heterocycles. The van der Waals surface area contributed by atoms with Crippen LogP contribution in [0.5, 0.6) is 0 Å². The molecule has 1 unspecified atom stereocenters. The van der Waals surface area contributed by atoms with Crippen LogP contribution in [0.3, 0.4) is 0 Å². The van der Waals surface area contributed by atoms with Gasteiger partial charge >= 0.3 is 5.97 Å². The molecule has 3 amide bonds. The Labute approximate surface area is 153 Å². The van der Waals surface area contributed by atoms with Gasteiger partial charge in [0, 0.05) is 6.42 Å². The highest BCUT2D eigenvalue weighted by Gasteiger charge is 2.28. The lowest BCUT2D eigenvalue weighted by atomic mass is 9.93. The normalized spacial score (nSPS) is 12.4. The highest BCUT2D eigenvalue weighted by atomic mass is 19.1. The van der Waals surface area contributed by atoms with E-state index in [0.717, 1.165) is 5.01 Å². The maximum absolute atomic E-state index is 12.7. The highest BCUT2D eigenvalue weighted by Crippen LogP contribution is 2.19. The van der Waals surface area contributed by atoms with E-state index >= 15 is 0 Å². The van der Waals surface area contributed by atoms with E-state index in [9.17, 15) is 23.6 Å². The van der Waals surface area contributed by atoms with Crippen molar-refractivity contribution in [2.75, 3.05) is 13.2 Å². The number of alkyl halides is 1. The van der Waals surface area contributed by atoms with Gasteiger partial charge in [-0.3, -0.25) is 29.6 Å². The number of ether oxygens (including phenoxy) is 1. The van der Waals surface area contributed by atoms with Crippen molar-refractivity contribution in [1.29, 1.82) is 0 Å². The number of carbonyl (C=O) groups is 4. The lowest BCUT2D eigenvalue weighted by molar-refractivity contribution is -0.158. The Hall–Kier alpha value is -2.19. The Kier molecular flexibility index (Phi) is 9.82. The molecule has 0 heterocycles. The average Bonchev–Trinajstić information content (AvgIpc) is 2.47. The van der Waals surface area contributed by atoms with Crippen LogP contribution >= 0.6 is 0 Å². The molecule has 8 nitrogen and oxygen atoms in total. The SMILES string of the molecule is CC(C)CC(CC(=O)OC(C)(C)C)C(=O)NN(CCC(N)=O)C(=O)CF. The zero-order valence-corrected chi connectivity index (χ0v) is 16.1. The Morgan fingerprint density at radius 3 is 2.19 bits per heavy atom. The van der Waals surface area contributed by atoms with E-state index in [-0.39, 0.29) is 25.3 Å². The van der Waals surface area contributed by atoms with Gasteiger partial charge < -0.3 is 10.5 Å². The molecule has 1 atom stereocenters. The number of primary amides is 1. The second-order valence-electron chi connectivity index (χ2n) is 7.49. The first-order valence-electron chi connectivity index (χ1n) is 8.52. The van der Waals surface area contributed by atoms with Crippen molar-refractivity contribution in [3.8, 4) is 0 Å². The predicted molar refractivity (Wildman–Crippen MR) is 93.0 cm³/mol. The van der Waals surface area contributed by atoms with Gasteiger partial charge in [0.15, 0.2) is 6.67 Å². The monoisotopic (exact) mass is 375 g/mol.